The number of hydrogen-bond acceptors (Lipinski definition) is 7. The smallest absolute Gasteiger partial charge is 0.255 e. The minimum absolute atomic E-state index is 0.0601. The molecule has 2 rings (SSSR count). The van der Waals surface area contributed by atoms with Crippen molar-refractivity contribution >= 4 is 33.7 Å². The highest BCUT2D eigenvalue weighted by molar-refractivity contribution is 7.89. The maximum absolute atomic E-state index is 12.6. The molecule has 0 aliphatic rings. The van der Waals surface area contributed by atoms with Crippen LogP contribution in [0.1, 0.15) is 5.56 Å². The average molecular weight is 456 g/mol. The summed E-state index contributed by atoms with van der Waals surface area (Å²) in [6, 6.07) is 9.14. The van der Waals surface area contributed by atoms with Crippen molar-refractivity contribution in [3.8, 4) is 17.2 Å². The Hall–Kier alpha value is -2.82. The number of nitrogens with zero attached hydrogens (tertiary/aromatic N) is 2. The summed E-state index contributed by atoms with van der Waals surface area (Å²) in [5.74, 6) is 0.839. The van der Waals surface area contributed by atoms with Gasteiger partial charge in [-0.15, -0.1) is 0 Å². The van der Waals surface area contributed by atoms with Crippen LogP contribution in [0.3, 0.4) is 0 Å². The van der Waals surface area contributed by atoms with E-state index in [2.05, 4.69) is 10.5 Å². The van der Waals surface area contributed by atoms with Gasteiger partial charge in [0.2, 0.25) is 10.0 Å². The van der Waals surface area contributed by atoms with E-state index in [0.717, 1.165) is 4.31 Å². The van der Waals surface area contributed by atoms with Gasteiger partial charge in [0.25, 0.3) is 5.91 Å². The van der Waals surface area contributed by atoms with Crippen molar-refractivity contribution in [3.63, 3.8) is 0 Å². The summed E-state index contributed by atoms with van der Waals surface area (Å²) in [6.07, 6.45) is 1.38. The number of hydrazone groups is 1. The van der Waals surface area contributed by atoms with Crippen LogP contribution in [0.2, 0.25) is 5.02 Å². The first-order valence-corrected chi connectivity index (χ1v) is 10.4. The van der Waals surface area contributed by atoms with Crippen molar-refractivity contribution < 1.29 is 27.4 Å². The van der Waals surface area contributed by atoms with Crippen molar-refractivity contribution in [1.82, 2.24) is 9.73 Å². The number of ether oxygens (including phenoxy) is 3. The second-order valence-electron chi connectivity index (χ2n) is 5.96. The monoisotopic (exact) mass is 455 g/mol. The summed E-state index contributed by atoms with van der Waals surface area (Å²) >= 11 is 5.99. The first-order valence-electron chi connectivity index (χ1n) is 8.56. The van der Waals surface area contributed by atoms with Crippen LogP contribution >= 0.6 is 11.6 Å². The second-order valence-corrected chi connectivity index (χ2v) is 8.41. The van der Waals surface area contributed by atoms with Gasteiger partial charge < -0.3 is 14.2 Å². The molecule has 0 aliphatic carbocycles. The van der Waals surface area contributed by atoms with Crippen LogP contribution < -0.4 is 19.6 Å². The van der Waals surface area contributed by atoms with Crippen LogP contribution in [0.15, 0.2) is 46.4 Å². The Kier molecular flexibility index (Phi) is 8.04. The molecule has 0 saturated heterocycles. The molecule has 9 nitrogen and oxygen atoms in total. The van der Waals surface area contributed by atoms with Crippen LogP contribution in [-0.2, 0) is 14.8 Å². The Labute approximate surface area is 180 Å². The number of amides is 1. The lowest BCUT2D eigenvalue weighted by Crippen LogP contribution is -2.36. The topological polar surface area (TPSA) is 107 Å². The first-order chi connectivity index (χ1) is 14.2. The standard InChI is InChI=1S/C19H22ClN3O6S/c1-23(30(25,26)15-7-8-17(28-3)16(20)10-15)12-19(24)22-21-11-13-5-6-14(27-2)9-18(13)29-4/h5-11H,12H2,1-4H3,(H,22,24). The number of rotatable bonds is 9. The lowest BCUT2D eigenvalue weighted by Gasteiger charge is -2.16. The van der Waals surface area contributed by atoms with E-state index in [1.807, 2.05) is 0 Å². The number of methoxy groups -OCH3 is 3. The summed E-state index contributed by atoms with van der Waals surface area (Å²) in [4.78, 5) is 12.1. The molecule has 1 N–H and O–H groups in total. The van der Waals surface area contributed by atoms with Gasteiger partial charge in [-0.25, -0.2) is 13.8 Å². The van der Waals surface area contributed by atoms with Crippen molar-refractivity contribution in [2.45, 2.75) is 4.90 Å². The van der Waals surface area contributed by atoms with Gasteiger partial charge in [0.05, 0.1) is 44.0 Å². The fraction of sp³-hybridized carbons (Fsp3) is 0.263. The zero-order valence-corrected chi connectivity index (χ0v) is 18.5. The molecule has 0 heterocycles. The van der Waals surface area contributed by atoms with E-state index < -0.39 is 22.5 Å². The van der Waals surface area contributed by atoms with Gasteiger partial charge in [0.15, 0.2) is 0 Å². The fourth-order valence-corrected chi connectivity index (χ4v) is 3.89. The predicted octanol–water partition coefficient (Wildman–Crippen LogP) is 2.14. The number of nitrogens with one attached hydrogen (secondary N) is 1. The number of carbonyl (C=O) groups is 1. The van der Waals surface area contributed by atoms with Gasteiger partial charge in [0, 0.05) is 18.7 Å². The van der Waals surface area contributed by atoms with Gasteiger partial charge in [-0.3, -0.25) is 4.79 Å². The molecule has 2 aromatic carbocycles. The summed E-state index contributed by atoms with van der Waals surface area (Å²) in [7, 11) is 1.81. The molecule has 0 bridgehead atoms. The van der Waals surface area contributed by atoms with Crippen molar-refractivity contribution in [1.29, 1.82) is 0 Å². The van der Waals surface area contributed by atoms with E-state index in [-0.39, 0.29) is 9.92 Å². The Morgan fingerprint density at radius 1 is 1.10 bits per heavy atom. The summed E-state index contributed by atoms with van der Waals surface area (Å²) in [6.45, 7) is -0.441. The van der Waals surface area contributed by atoms with Crippen molar-refractivity contribution in [3.05, 3.63) is 47.0 Å². The highest BCUT2D eigenvalue weighted by Gasteiger charge is 2.24. The molecule has 0 aliphatic heterocycles. The molecule has 0 saturated carbocycles. The van der Waals surface area contributed by atoms with Crippen LogP contribution in [-0.4, -0.2) is 59.8 Å². The summed E-state index contributed by atoms with van der Waals surface area (Å²) in [5.41, 5.74) is 2.89. The Morgan fingerprint density at radius 3 is 2.40 bits per heavy atom. The summed E-state index contributed by atoms with van der Waals surface area (Å²) in [5, 5.41) is 3.99. The molecule has 0 fully saturated rings. The maximum atomic E-state index is 12.6. The Balaban J connectivity index is 2.03. The number of halogens is 1. The van der Waals surface area contributed by atoms with Crippen LogP contribution in [0.5, 0.6) is 17.2 Å². The number of benzene rings is 2. The summed E-state index contributed by atoms with van der Waals surface area (Å²) < 4.78 is 41.5. The van der Waals surface area contributed by atoms with E-state index in [1.165, 1.54) is 52.8 Å². The van der Waals surface area contributed by atoms with Gasteiger partial charge in [-0.05, 0) is 30.3 Å². The third-order valence-corrected chi connectivity index (χ3v) is 6.13. The fourth-order valence-electron chi connectivity index (χ4n) is 2.41. The Bertz CT molecular complexity index is 1040. The second kappa shape index (κ2) is 10.3. The van der Waals surface area contributed by atoms with Gasteiger partial charge in [-0.2, -0.15) is 9.41 Å². The largest absolute Gasteiger partial charge is 0.497 e. The first kappa shape index (κ1) is 23.5. The maximum Gasteiger partial charge on any atom is 0.255 e. The number of likely N-dealkylation sites (N-methyl/N-ethyl adjacent to an activating group) is 1. The molecular formula is C19H22ClN3O6S. The molecule has 0 spiro atoms. The van der Waals surface area contributed by atoms with Crippen LogP contribution in [0, 0.1) is 0 Å². The molecule has 1 amide bonds. The molecular weight excluding hydrogens is 434 g/mol. The molecule has 0 radical (unpaired) electrons. The molecule has 30 heavy (non-hydrogen) atoms. The highest BCUT2D eigenvalue weighted by Crippen LogP contribution is 2.28. The average Bonchev–Trinajstić information content (AvgIpc) is 2.73. The van der Waals surface area contributed by atoms with Crippen molar-refractivity contribution in [2.24, 2.45) is 5.10 Å². The minimum atomic E-state index is -3.93. The lowest BCUT2D eigenvalue weighted by molar-refractivity contribution is -0.121. The van der Waals surface area contributed by atoms with E-state index in [0.29, 0.717) is 22.8 Å². The highest BCUT2D eigenvalue weighted by atomic mass is 35.5. The number of carbonyl (C=O) groups excluding carboxylic acids is 1. The lowest BCUT2D eigenvalue weighted by atomic mass is 10.2. The van der Waals surface area contributed by atoms with E-state index in [4.69, 9.17) is 25.8 Å². The van der Waals surface area contributed by atoms with Crippen LogP contribution in [0.25, 0.3) is 0 Å². The molecule has 11 heteroatoms. The normalized spacial score (nSPS) is 11.5. The van der Waals surface area contributed by atoms with Gasteiger partial charge in [-0.1, -0.05) is 11.6 Å². The van der Waals surface area contributed by atoms with E-state index >= 15 is 0 Å². The SMILES string of the molecule is COc1ccc(C=NNC(=O)CN(C)S(=O)(=O)c2ccc(OC)c(Cl)c2)c(OC)c1. The molecule has 2 aromatic rings. The molecule has 0 atom stereocenters. The third-order valence-electron chi connectivity index (χ3n) is 4.03. The molecule has 0 aromatic heterocycles. The quantitative estimate of drug-likeness (QED) is 0.458. The van der Waals surface area contributed by atoms with Gasteiger partial charge >= 0.3 is 0 Å². The van der Waals surface area contributed by atoms with E-state index in [9.17, 15) is 13.2 Å². The predicted molar refractivity (Wildman–Crippen MR) is 113 cm³/mol. The molecule has 162 valence electrons. The molecule has 0 unspecified atom stereocenters. The minimum Gasteiger partial charge on any atom is -0.497 e. The zero-order valence-electron chi connectivity index (χ0n) is 16.9. The number of sulfonamides is 1. The van der Waals surface area contributed by atoms with Crippen molar-refractivity contribution in [2.75, 3.05) is 34.9 Å². The van der Waals surface area contributed by atoms with E-state index in [1.54, 1.807) is 18.2 Å². The number of hydrogen-bond donors (Lipinski definition) is 1. The zero-order chi connectivity index (χ0) is 22.3. The Morgan fingerprint density at radius 2 is 1.80 bits per heavy atom. The van der Waals surface area contributed by atoms with Crippen LogP contribution in [0.4, 0.5) is 0 Å². The van der Waals surface area contributed by atoms with Gasteiger partial charge in [0.1, 0.15) is 17.2 Å². The third kappa shape index (κ3) is 5.62.